The fourth-order valence-corrected chi connectivity index (χ4v) is 9.19. The molecular formula is C50H69NO33. The normalized spacial score (nSPS) is 32.7. The van der Waals surface area contributed by atoms with Gasteiger partial charge < -0.3 is 100 Å². The Morgan fingerprint density at radius 2 is 0.583 bits per heavy atom. The Bertz CT molecular complexity index is 2410. The highest BCUT2D eigenvalue weighted by Gasteiger charge is 2.61. The van der Waals surface area contributed by atoms with Gasteiger partial charge in [0.1, 0.15) is 62.5 Å². The highest BCUT2D eigenvalue weighted by Crippen LogP contribution is 2.39. The molecule has 0 radical (unpaired) electrons. The standard InChI is InChI=1S/C50H69NO33/c1-18(52)51-35-40(73-25(8)59)36(31(79-47(35)65)14-66-19(2)53)83-49-46(78-30(13)64)43(84-50-45(77-29(12)63)42(75-27(10)61)38(71-23(6)57)33(81-50)16-68-21(4)55)39(72-24(7)58)34(82-49)17-69-48-44(76-28(11)62)41(74-26(9)60)37(70-22(5)56)32(80-48)15-67-20(3)54/h31-50,65H,14-17H2,1-13H3,(H,51,52)/t31?,32?,33-,34?,35?,36+,37+,38+,39+,40+,41-,42?,43-,44?,45?,46?,47-,48-,49-,50+/m0/s1. The summed E-state index contributed by atoms with van der Waals surface area (Å²) in [6.07, 6.45) is -36.7. The number of hydrogen-bond donors (Lipinski definition) is 2. The second-order valence-electron chi connectivity index (χ2n) is 19.0. The lowest BCUT2D eigenvalue weighted by atomic mass is 9.94. The Hall–Kier alpha value is -7.21. The second kappa shape index (κ2) is 31.6. The third kappa shape index (κ3) is 20.5. The summed E-state index contributed by atoms with van der Waals surface area (Å²) >= 11 is 0. The molecule has 0 aliphatic carbocycles. The van der Waals surface area contributed by atoms with E-state index >= 15 is 0 Å². The van der Waals surface area contributed by atoms with Gasteiger partial charge in [0.25, 0.3) is 0 Å². The van der Waals surface area contributed by atoms with Crippen LogP contribution in [0.1, 0.15) is 90.0 Å². The maximum atomic E-state index is 13.4. The summed E-state index contributed by atoms with van der Waals surface area (Å²) in [5.41, 5.74) is 0. The first-order valence-electron chi connectivity index (χ1n) is 25.7. The van der Waals surface area contributed by atoms with Crippen molar-refractivity contribution in [3.05, 3.63) is 0 Å². The molecule has 4 fully saturated rings. The van der Waals surface area contributed by atoms with Crippen LogP contribution in [0.5, 0.6) is 0 Å². The molecule has 0 spiro atoms. The minimum Gasteiger partial charge on any atom is -0.463 e. The highest BCUT2D eigenvalue weighted by molar-refractivity contribution is 5.74. The van der Waals surface area contributed by atoms with Gasteiger partial charge in [-0.3, -0.25) is 62.3 Å². The van der Waals surface area contributed by atoms with Crippen molar-refractivity contribution in [2.24, 2.45) is 0 Å². The van der Waals surface area contributed by atoms with Gasteiger partial charge in [-0.15, -0.1) is 0 Å². The number of aliphatic hydroxyl groups is 1. The summed E-state index contributed by atoms with van der Waals surface area (Å²) in [6.45, 7) is 9.04. The third-order valence-electron chi connectivity index (χ3n) is 11.9. The first kappa shape index (κ1) is 69.3. The summed E-state index contributed by atoms with van der Waals surface area (Å²) in [4.78, 5) is 165. The lowest BCUT2D eigenvalue weighted by Crippen LogP contribution is -2.70. The average molecular weight is 1210 g/mol. The first-order valence-corrected chi connectivity index (χ1v) is 25.7. The molecule has 34 heteroatoms. The fraction of sp³-hybridized carbons (Fsp3) is 0.740. The number of rotatable bonds is 23. The van der Waals surface area contributed by atoms with Crippen LogP contribution in [0.3, 0.4) is 0 Å². The summed E-state index contributed by atoms with van der Waals surface area (Å²) in [6, 6.07) is -1.71. The van der Waals surface area contributed by atoms with E-state index in [2.05, 4.69) is 5.32 Å². The molecule has 1 amide bonds. The zero-order chi connectivity index (χ0) is 63.0. The molecule has 4 aliphatic rings. The van der Waals surface area contributed by atoms with Crippen molar-refractivity contribution < 1.29 is 157 Å². The quantitative estimate of drug-likeness (QED) is 0.0773. The van der Waals surface area contributed by atoms with Crippen LogP contribution in [0.15, 0.2) is 0 Å². The predicted molar refractivity (Wildman–Crippen MR) is 260 cm³/mol. The zero-order valence-electron chi connectivity index (χ0n) is 47.9. The minimum absolute atomic E-state index is 0.727. The van der Waals surface area contributed by atoms with Crippen molar-refractivity contribution in [1.82, 2.24) is 5.32 Å². The topological polar surface area (TPSA) is 430 Å². The van der Waals surface area contributed by atoms with Crippen LogP contribution in [0.2, 0.25) is 0 Å². The third-order valence-corrected chi connectivity index (χ3v) is 11.9. The van der Waals surface area contributed by atoms with E-state index in [4.69, 9.17) is 90.0 Å². The second-order valence-corrected chi connectivity index (χ2v) is 19.0. The summed E-state index contributed by atoms with van der Waals surface area (Å²) < 4.78 is 110. The smallest absolute Gasteiger partial charge is 0.303 e. The Kier molecular flexibility index (Phi) is 26.1. The van der Waals surface area contributed by atoms with Crippen LogP contribution in [0.25, 0.3) is 0 Å². The molecule has 0 aromatic carbocycles. The molecule has 2 N–H and O–H groups in total. The van der Waals surface area contributed by atoms with E-state index in [1.54, 1.807) is 0 Å². The molecule has 0 aromatic heterocycles. The zero-order valence-corrected chi connectivity index (χ0v) is 47.9. The molecule has 472 valence electrons. The molecule has 4 aliphatic heterocycles. The number of ether oxygens (including phenoxy) is 19. The van der Waals surface area contributed by atoms with Crippen molar-refractivity contribution in [1.29, 1.82) is 0 Å². The van der Waals surface area contributed by atoms with Crippen LogP contribution in [-0.4, -0.2) is 232 Å². The molecule has 4 saturated heterocycles. The predicted octanol–water partition coefficient (Wildman–Crippen LogP) is -2.76. The number of aliphatic hydroxyl groups excluding tert-OH is 1. The van der Waals surface area contributed by atoms with Crippen LogP contribution in [-0.2, 0) is 152 Å². The van der Waals surface area contributed by atoms with E-state index in [9.17, 15) is 67.4 Å². The van der Waals surface area contributed by atoms with Gasteiger partial charge in [-0.05, 0) is 0 Å². The summed E-state index contributed by atoms with van der Waals surface area (Å²) in [5, 5.41) is 13.6. The molecule has 0 aromatic rings. The van der Waals surface area contributed by atoms with Gasteiger partial charge in [0.15, 0.2) is 80.1 Å². The van der Waals surface area contributed by atoms with Gasteiger partial charge in [0.2, 0.25) is 5.91 Å². The lowest BCUT2D eigenvalue weighted by molar-refractivity contribution is -0.380. The number of amides is 1. The maximum absolute atomic E-state index is 13.4. The van der Waals surface area contributed by atoms with E-state index in [1.807, 2.05) is 0 Å². The number of carbonyl (C=O) groups is 13. The van der Waals surface area contributed by atoms with Gasteiger partial charge >= 0.3 is 71.6 Å². The van der Waals surface area contributed by atoms with Crippen LogP contribution in [0, 0.1) is 0 Å². The van der Waals surface area contributed by atoms with Crippen LogP contribution in [0.4, 0.5) is 0 Å². The molecule has 4 heterocycles. The van der Waals surface area contributed by atoms with Crippen LogP contribution < -0.4 is 5.32 Å². The first-order chi connectivity index (χ1) is 39.3. The van der Waals surface area contributed by atoms with Crippen molar-refractivity contribution in [2.75, 3.05) is 26.4 Å². The number of hydrogen-bond acceptors (Lipinski definition) is 33. The summed E-state index contributed by atoms with van der Waals surface area (Å²) in [7, 11) is 0. The van der Waals surface area contributed by atoms with Crippen molar-refractivity contribution >= 4 is 77.5 Å². The lowest BCUT2D eigenvalue weighted by Gasteiger charge is -2.50. The SMILES string of the molecule is CC(=O)NC1[C@@H](OC(C)=O)[C@H](O[C@@H]2OC(CO[C@H]3OC(COC(C)=O)[C@@H](OC(C)=O)[C@H](OC(C)=O)C3OC(C)=O)[C@@H](OC(C)=O)[C@H](O[C@H]3O[C@@H](COC(C)=O)[C@@H](OC(C)=O)C(OC(C)=O)C3OC(C)=O)C2OC(C)=O)C(COC(C)=O)O[C@@H]1O. The molecule has 20 atom stereocenters. The van der Waals surface area contributed by atoms with Gasteiger partial charge in [0.05, 0.1) is 6.61 Å². The monoisotopic (exact) mass is 1210 g/mol. The Labute approximate surface area is 478 Å². The minimum atomic E-state index is -2.26. The van der Waals surface area contributed by atoms with Gasteiger partial charge in [0, 0.05) is 90.0 Å². The molecular weight excluding hydrogens is 1140 g/mol. The van der Waals surface area contributed by atoms with E-state index in [1.165, 1.54) is 0 Å². The fourth-order valence-electron chi connectivity index (χ4n) is 9.19. The highest BCUT2D eigenvalue weighted by atomic mass is 16.8. The maximum Gasteiger partial charge on any atom is 0.303 e. The Morgan fingerprint density at radius 3 is 0.940 bits per heavy atom. The Morgan fingerprint density at radius 1 is 0.310 bits per heavy atom. The number of carbonyl (C=O) groups excluding carboxylic acids is 13. The molecule has 84 heavy (non-hydrogen) atoms. The Balaban J connectivity index is 2.07. The molecule has 0 bridgehead atoms. The molecule has 4 rings (SSSR count). The van der Waals surface area contributed by atoms with Gasteiger partial charge in [-0.1, -0.05) is 0 Å². The van der Waals surface area contributed by atoms with E-state index in [0.717, 1.165) is 90.0 Å². The van der Waals surface area contributed by atoms with Crippen LogP contribution >= 0.6 is 0 Å². The summed E-state index contributed by atoms with van der Waals surface area (Å²) in [5.74, 6) is -13.1. The van der Waals surface area contributed by atoms with Crippen molar-refractivity contribution in [3.8, 4) is 0 Å². The average Bonchev–Trinajstić information content (AvgIpc) is 1.87. The molecule has 34 nitrogen and oxygen atoms in total. The van der Waals surface area contributed by atoms with Crippen molar-refractivity contribution in [3.63, 3.8) is 0 Å². The van der Waals surface area contributed by atoms with E-state index in [0.29, 0.717) is 0 Å². The van der Waals surface area contributed by atoms with E-state index in [-0.39, 0.29) is 0 Å². The number of esters is 12. The molecule has 0 saturated carbocycles. The van der Waals surface area contributed by atoms with E-state index < -0.39 is 227 Å². The number of nitrogens with one attached hydrogen (secondary N) is 1. The largest absolute Gasteiger partial charge is 0.463 e. The van der Waals surface area contributed by atoms with Crippen molar-refractivity contribution in [2.45, 2.75) is 213 Å². The van der Waals surface area contributed by atoms with Gasteiger partial charge in [-0.25, -0.2) is 0 Å². The molecule has 8 unspecified atom stereocenters. The van der Waals surface area contributed by atoms with Gasteiger partial charge in [-0.2, -0.15) is 0 Å².